The second-order valence-corrected chi connectivity index (χ2v) is 8.96. The van der Waals surface area contributed by atoms with E-state index < -0.39 is 15.9 Å². The van der Waals surface area contributed by atoms with Crippen molar-refractivity contribution in [1.82, 2.24) is 10.6 Å². The minimum Gasteiger partial charge on any atom is -0.334 e. The van der Waals surface area contributed by atoms with E-state index >= 15 is 0 Å². The van der Waals surface area contributed by atoms with Crippen LogP contribution in [0.3, 0.4) is 0 Å². The van der Waals surface area contributed by atoms with Crippen molar-refractivity contribution in [3.63, 3.8) is 0 Å². The molecule has 3 rings (SSSR count). The standard InChI is InChI=1S/C14H17FN2O3S2/c15-9-1-2-13-11(7-9)12(3-5-21-13)17-14(18)16-10-4-6-22(19,20)8-10/h1-2,7,10,12H,3-6,8H2,(H2,16,17,18). The molecule has 8 heteroatoms. The van der Waals surface area contributed by atoms with E-state index in [0.29, 0.717) is 6.42 Å². The highest BCUT2D eigenvalue weighted by molar-refractivity contribution is 7.99. The molecule has 0 aromatic heterocycles. The summed E-state index contributed by atoms with van der Waals surface area (Å²) in [5.74, 6) is 0.634. The van der Waals surface area contributed by atoms with Gasteiger partial charge in [0.25, 0.3) is 0 Å². The first-order chi connectivity index (χ1) is 10.4. The second-order valence-electron chi connectivity index (χ2n) is 5.59. The zero-order chi connectivity index (χ0) is 15.7. The monoisotopic (exact) mass is 344 g/mol. The summed E-state index contributed by atoms with van der Waals surface area (Å²) in [5, 5.41) is 5.53. The average molecular weight is 344 g/mol. The molecule has 2 aliphatic heterocycles. The smallest absolute Gasteiger partial charge is 0.315 e. The van der Waals surface area contributed by atoms with Gasteiger partial charge in [0.1, 0.15) is 5.82 Å². The molecule has 2 N–H and O–H groups in total. The molecule has 0 saturated carbocycles. The van der Waals surface area contributed by atoms with E-state index in [1.54, 1.807) is 17.8 Å². The van der Waals surface area contributed by atoms with Crippen molar-refractivity contribution in [3.05, 3.63) is 29.6 Å². The van der Waals surface area contributed by atoms with Gasteiger partial charge >= 0.3 is 6.03 Å². The lowest BCUT2D eigenvalue weighted by atomic mass is 10.0. The lowest BCUT2D eigenvalue weighted by molar-refractivity contribution is 0.233. The van der Waals surface area contributed by atoms with E-state index in [2.05, 4.69) is 10.6 Å². The maximum atomic E-state index is 13.4. The number of halogens is 1. The molecule has 2 unspecified atom stereocenters. The first kappa shape index (κ1) is 15.6. The Bertz CT molecular complexity index is 693. The van der Waals surface area contributed by atoms with Gasteiger partial charge in [-0.1, -0.05) is 0 Å². The van der Waals surface area contributed by atoms with Crippen LogP contribution >= 0.6 is 11.8 Å². The highest BCUT2D eigenvalue weighted by Crippen LogP contribution is 2.36. The SMILES string of the molecule is O=C(NC1CCS(=O)(=O)C1)NC1CCSc2ccc(F)cc21. The first-order valence-corrected chi connectivity index (χ1v) is 9.93. The van der Waals surface area contributed by atoms with Gasteiger partial charge in [-0.15, -0.1) is 11.8 Å². The third-order valence-electron chi connectivity index (χ3n) is 3.88. The molecule has 0 aliphatic carbocycles. The molecule has 22 heavy (non-hydrogen) atoms. The highest BCUT2D eigenvalue weighted by Gasteiger charge is 2.30. The number of nitrogens with one attached hydrogen (secondary N) is 2. The molecule has 0 bridgehead atoms. The number of sulfone groups is 1. The minimum atomic E-state index is -3.02. The molecule has 0 spiro atoms. The first-order valence-electron chi connectivity index (χ1n) is 7.13. The molecule has 1 aromatic carbocycles. The van der Waals surface area contributed by atoms with Crippen molar-refractivity contribution in [2.24, 2.45) is 0 Å². The maximum Gasteiger partial charge on any atom is 0.315 e. The number of fused-ring (bicyclic) bond motifs is 1. The Balaban J connectivity index is 1.64. The fourth-order valence-electron chi connectivity index (χ4n) is 2.81. The van der Waals surface area contributed by atoms with Crippen LogP contribution in [-0.2, 0) is 9.84 Å². The third-order valence-corrected chi connectivity index (χ3v) is 6.77. The molecular formula is C14H17FN2O3S2. The summed E-state index contributed by atoms with van der Waals surface area (Å²) in [6.07, 6.45) is 1.17. The Morgan fingerprint density at radius 1 is 1.27 bits per heavy atom. The number of hydrogen-bond donors (Lipinski definition) is 2. The fourth-order valence-corrected chi connectivity index (χ4v) is 5.59. The van der Waals surface area contributed by atoms with E-state index in [1.807, 2.05) is 0 Å². The largest absolute Gasteiger partial charge is 0.334 e. The van der Waals surface area contributed by atoms with Crippen molar-refractivity contribution in [3.8, 4) is 0 Å². The van der Waals surface area contributed by atoms with Crippen LogP contribution in [-0.4, -0.2) is 37.7 Å². The minimum absolute atomic E-state index is 0.00778. The van der Waals surface area contributed by atoms with Gasteiger partial charge in [-0.25, -0.2) is 17.6 Å². The number of hydrogen-bond acceptors (Lipinski definition) is 4. The molecule has 1 saturated heterocycles. The summed E-state index contributed by atoms with van der Waals surface area (Å²) in [5.41, 5.74) is 0.783. The molecular weight excluding hydrogens is 327 g/mol. The molecule has 1 aromatic rings. The van der Waals surface area contributed by atoms with E-state index in [4.69, 9.17) is 0 Å². The van der Waals surface area contributed by atoms with E-state index in [-0.39, 0.29) is 29.4 Å². The summed E-state index contributed by atoms with van der Waals surface area (Å²) < 4.78 is 36.2. The number of urea groups is 1. The Kier molecular flexibility index (Phi) is 4.31. The van der Waals surface area contributed by atoms with Gasteiger partial charge in [0.2, 0.25) is 0 Å². The maximum absolute atomic E-state index is 13.4. The summed E-state index contributed by atoms with van der Waals surface area (Å²) >= 11 is 1.64. The van der Waals surface area contributed by atoms with Gasteiger partial charge in [0.05, 0.1) is 17.5 Å². The number of carbonyl (C=O) groups is 1. The van der Waals surface area contributed by atoms with Gasteiger partial charge in [-0.05, 0) is 36.6 Å². The number of rotatable bonds is 2. The van der Waals surface area contributed by atoms with Gasteiger partial charge < -0.3 is 10.6 Å². The summed E-state index contributed by atoms with van der Waals surface area (Å²) in [7, 11) is -3.02. The molecule has 2 aliphatic rings. The van der Waals surface area contributed by atoms with Gasteiger partial charge in [0.15, 0.2) is 9.84 Å². The summed E-state index contributed by atoms with van der Waals surface area (Å²) in [6.45, 7) is 0. The quantitative estimate of drug-likeness (QED) is 0.859. The van der Waals surface area contributed by atoms with Gasteiger partial charge in [0, 0.05) is 16.7 Å². The molecule has 0 radical (unpaired) electrons. The van der Waals surface area contributed by atoms with Crippen molar-refractivity contribution < 1.29 is 17.6 Å². The van der Waals surface area contributed by atoms with E-state index in [0.717, 1.165) is 22.6 Å². The van der Waals surface area contributed by atoms with Crippen LogP contribution in [0.5, 0.6) is 0 Å². The van der Waals surface area contributed by atoms with Crippen LogP contribution in [0.4, 0.5) is 9.18 Å². The number of amides is 2. The molecule has 5 nitrogen and oxygen atoms in total. The lowest BCUT2D eigenvalue weighted by Gasteiger charge is -2.26. The Morgan fingerprint density at radius 2 is 2.09 bits per heavy atom. The molecule has 2 heterocycles. The normalized spacial score (nSPS) is 26.2. The molecule has 2 amide bonds. The Hall–Kier alpha value is -1.28. The van der Waals surface area contributed by atoms with Crippen molar-refractivity contribution in [2.75, 3.05) is 17.3 Å². The zero-order valence-corrected chi connectivity index (χ0v) is 13.5. The lowest BCUT2D eigenvalue weighted by Crippen LogP contribution is -2.44. The fraction of sp³-hybridized carbons (Fsp3) is 0.500. The van der Waals surface area contributed by atoms with Crippen molar-refractivity contribution in [2.45, 2.75) is 29.8 Å². The number of thioether (sulfide) groups is 1. The summed E-state index contributed by atoms with van der Waals surface area (Å²) in [4.78, 5) is 13.0. The van der Waals surface area contributed by atoms with Crippen LogP contribution < -0.4 is 10.6 Å². The number of benzene rings is 1. The average Bonchev–Trinajstić information content (AvgIpc) is 2.78. The molecule has 120 valence electrons. The second kappa shape index (κ2) is 6.08. The van der Waals surface area contributed by atoms with E-state index in [9.17, 15) is 17.6 Å². The van der Waals surface area contributed by atoms with Crippen LogP contribution in [0.2, 0.25) is 0 Å². The predicted octanol–water partition coefficient (Wildman–Crippen LogP) is 1.85. The zero-order valence-electron chi connectivity index (χ0n) is 11.8. The van der Waals surface area contributed by atoms with Crippen molar-refractivity contribution >= 4 is 27.6 Å². The van der Waals surface area contributed by atoms with Crippen LogP contribution in [0.25, 0.3) is 0 Å². The van der Waals surface area contributed by atoms with Gasteiger partial charge in [-0.2, -0.15) is 0 Å². The van der Waals surface area contributed by atoms with E-state index in [1.165, 1.54) is 12.1 Å². The molecule has 2 atom stereocenters. The highest BCUT2D eigenvalue weighted by atomic mass is 32.2. The van der Waals surface area contributed by atoms with Crippen LogP contribution in [0.15, 0.2) is 23.1 Å². The van der Waals surface area contributed by atoms with Crippen molar-refractivity contribution in [1.29, 1.82) is 0 Å². The Labute approximate surface area is 133 Å². The van der Waals surface area contributed by atoms with Gasteiger partial charge in [-0.3, -0.25) is 0 Å². The summed E-state index contributed by atoms with van der Waals surface area (Å²) in [6, 6.07) is 3.61. The van der Waals surface area contributed by atoms with Crippen LogP contribution in [0.1, 0.15) is 24.4 Å². The number of carbonyl (C=O) groups excluding carboxylic acids is 1. The predicted molar refractivity (Wildman–Crippen MR) is 83.2 cm³/mol. The Morgan fingerprint density at radius 3 is 2.82 bits per heavy atom. The molecule has 1 fully saturated rings. The third kappa shape index (κ3) is 3.55. The van der Waals surface area contributed by atoms with Crippen LogP contribution in [0, 0.1) is 5.82 Å². The topological polar surface area (TPSA) is 75.3 Å².